The van der Waals surface area contributed by atoms with Crippen molar-refractivity contribution in [3.05, 3.63) is 53.6 Å². The van der Waals surface area contributed by atoms with Crippen LogP contribution in [0.2, 0.25) is 0 Å². The molecule has 0 aliphatic carbocycles. The van der Waals surface area contributed by atoms with Crippen LogP contribution in [0.1, 0.15) is 56.0 Å². The first-order valence-electron chi connectivity index (χ1n) is 13.6. The van der Waals surface area contributed by atoms with E-state index in [1.54, 1.807) is 12.4 Å². The molecule has 0 bridgehead atoms. The summed E-state index contributed by atoms with van der Waals surface area (Å²) in [6.07, 6.45) is 7.05. The van der Waals surface area contributed by atoms with E-state index in [1.807, 2.05) is 4.90 Å². The summed E-state index contributed by atoms with van der Waals surface area (Å²) in [5.41, 5.74) is 6.56. The zero-order chi connectivity index (χ0) is 26.9. The van der Waals surface area contributed by atoms with Gasteiger partial charge in [-0.3, -0.25) is 0 Å². The molecule has 39 heavy (non-hydrogen) atoms. The highest BCUT2D eigenvalue weighted by Gasteiger charge is 2.35. The second-order valence-electron chi connectivity index (χ2n) is 10.6. The summed E-state index contributed by atoms with van der Waals surface area (Å²) in [4.78, 5) is 17.5. The Morgan fingerprint density at radius 2 is 1.87 bits per heavy atom. The highest BCUT2D eigenvalue weighted by Crippen LogP contribution is 2.32. The van der Waals surface area contributed by atoms with Crippen molar-refractivity contribution >= 4 is 12.0 Å². The number of aromatic nitrogens is 4. The predicted octanol–water partition coefficient (Wildman–Crippen LogP) is 3.60. The van der Waals surface area contributed by atoms with Crippen LogP contribution in [-0.2, 0) is 4.74 Å². The summed E-state index contributed by atoms with van der Waals surface area (Å²) in [7, 11) is 0. The van der Waals surface area contributed by atoms with Crippen molar-refractivity contribution < 1.29 is 22.8 Å². The van der Waals surface area contributed by atoms with E-state index < -0.39 is 11.6 Å². The highest BCUT2D eigenvalue weighted by molar-refractivity contribution is 5.39. The van der Waals surface area contributed by atoms with Gasteiger partial charge in [0.25, 0.3) is 0 Å². The molecular formula is C27H33F2N7O3. The third kappa shape index (κ3) is 5.53. The number of nitrogens with zero attached hydrogens (tertiary/aromatic N) is 6. The van der Waals surface area contributed by atoms with Crippen LogP contribution in [0.15, 0.2) is 35.1 Å². The van der Waals surface area contributed by atoms with Crippen molar-refractivity contribution in [3.63, 3.8) is 0 Å². The summed E-state index contributed by atoms with van der Waals surface area (Å²) in [6, 6.07) is 3.67. The van der Waals surface area contributed by atoms with Gasteiger partial charge in [-0.1, -0.05) is 5.16 Å². The maximum atomic E-state index is 14.3. The third-order valence-corrected chi connectivity index (χ3v) is 8.06. The maximum absolute atomic E-state index is 14.3. The SMILES string of the molecule is C[C@H](Oc1cnc(N2C[C@H](c3cc(F)ccc3F)[C@@H](N)C2)nc1)C1CCN(c2nc([C@@H]3CCCO3)no2)CC1. The fourth-order valence-corrected chi connectivity index (χ4v) is 5.79. The van der Waals surface area contributed by atoms with E-state index in [0.717, 1.165) is 57.5 Å². The Balaban J connectivity index is 1.01. The molecule has 3 aliphatic heterocycles. The van der Waals surface area contributed by atoms with Gasteiger partial charge in [0.1, 0.15) is 17.7 Å². The van der Waals surface area contributed by atoms with Gasteiger partial charge in [-0.25, -0.2) is 18.7 Å². The minimum atomic E-state index is -0.479. The molecule has 0 amide bonds. The molecule has 4 atom stereocenters. The number of hydrogen-bond donors (Lipinski definition) is 1. The quantitative estimate of drug-likeness (QED) is 0.476. The van der Waals surface area contributed by atoms with Crippen molar-refractivity contribution in [3.8, 4) is 5.75 Å². The van der Waals surface area contributed by atoms with Crippen LogP contribution in [0.4, 0.5) is 20.7 Å². The van der Waals surface area contributed by atoms with Crippen molar-refractivity contribution in [1.82, 2.24) is 20.1 Å². The third-order valence-electron chi connectivity index (χ3n) is 8.06. The molecule has 0 unspecified atom stereocenters. The monoisotopic (exact) mass is 541 g/mol. The molecule has 5 heterocycles. The van der Waals surface area contributed by atoms with Crippen molar-refractivity contribution in [2.45, 2.75) is 56.8 Å². The molecule has 0 spiro atoms. The molecular weight excluding hydrogens is 508 g/mol. The van der Waals surface area contributed by atoms with Gasteiger partial charge in [-0.2, -0.15) is 4.98 Å². The number of piperidine rings is 1. The first-order chi connectivity index (χ1) is 18.9. The van der Waals surface area contributed by atoms with Gasteiger partial charge in [-0.05, 0) is 62.3 Å². The molecule has 6 rings (SSSR count). The Labute approximate surface area is 225 Å². The average Bonchev–Trinajstić information content (AvgIpc) is 3.72. The van der Waals surface area contributed by atoms with Crippen molar-refractivity contribution in [2.24, 2.45) is 11.7 Å². The van der Waals surface area contributed by atoms with Crippen LogP contribution in [0.25, 0.3) is 0 Å². The molecule has 12 heteroatoms. The van der Waals surface area contributed by atoms with Gasteiger partial charge in [0.05, 0.1) is 18.5 Å². The number of benzene rings is 1. The molecule has 208 valence electrons. The van der Waals surface area contributed by atoms with Gasteiger partial charge in [0.15, 0.2) is 5.75 Å². The minimum Gasteiger partial charge on any atom is -0.487 e. The molecule has 2 aromatic heterocycles. The molecule has 3 aliphatic rings. The van der Waals surface area contributed by atoms with E-state index >= 15 is 0 Å². The minimum absolute atomic E-state index is 0.0210. The maximum Gasteiger partial charge on any atom is 0.324 e. The zero-order valence-corrected chi connectivity index (χ0v) is 21.9. The lowest BCUT2D eigenvalue weighted by molar-refractivity contribution is 0.103. The predicted molar refractivity (Wildman–Crippen MR) is 139 cm³/mol. The fraction of sp³-hybridized carbons (Fsp3) is 0.556. The smallest absolute Gasteiger partial charge is 0.324 e. The Bertz CT molecular complexity index is 1260. The van der Waals surface area contributed by atoms with Gasteiger partial charge >= 0.3 is 6.01 Å². The van der Waals surface area contributed by atoms with E-state index in [1.165, 1.54) is 6.07 Å². The molecule has 0 saturated carbocycles. The first kappa shape index (κ1) is 25.9. The van der Waals surface area contributed by atoms with Crippen LogP contribution in [0.3, 0.4) is 0 Å². The number of halogens is 2. The van der Waals surface area contributed by atoms with E-state index in [9.17, 15) is 8.78 Å². The van der Waals surface area contributed by atoms with Crippen molar-refractivity contribution in [1.29, 1.82) is 0 Å². The second-order valence-corrected chi connectivity index (χ2v) is 10.6. The van der Waals surface area contributed by atoms with Gasteiger partial charge in [0.2, 0.25) is 11.8 Å². The normalized spacial score (nSPS) is 24.9. The lowest BCUT2D eigenvalue weighted by Crippen LogP contribution is -2.38. The van der Waals surface area contributed by atoms with E-state index in [2.05, 4.69) is 31.9 Å². The summed E-state index contributed by atoms with van der Waals surface area (Å²) >= 11 is 0. The van der Waals surface area contributed by atoms with Crippen LogP contribution in [0, 0.1) is 17.6 Å². The number of nitrogens with two attached hydrogens (primary N) is 1. The number of anilines is 2. The average molecular weight is 542 g/mol. The fourth-order valence-electron chi connectivity index (χ4n) is 5.79. The second kappa shape index (κ2) is 11.0. The summed E-state index contributed by atoms with van der Waals surface area (Å²) in [5.74, 6) is 0.790. The Morgan fingerprint density at radius 1 is 1.08 bits per heavy atom. The molecule has 10 nitrogen and oxygen atoms in total. The Morgan fingerprint density at radius 3 is 2.62 bits per heavy atom. The summed E-state index contributed by atoms with van der Waals surface area (Å²) in [6.45, 7) is 5.29. The molecule has 0 radical (unpaired) electrons. The number of hydrogen-bond acceptors (Lipinski definition) is 10. The molecule has 2 N–H and O–H groups in total. The largest absolute Gasteiger partial charge is 0.487 e. The van der Waals surface area contributed by atoms with E-state index in [-0.39, 0.29) is 29.7 Å². The molecule has 3 saturated heterocycles. The molecule has 3 fully saturated rings. The first-order valence-corrected chi connectivity index (χ1v) is 13.6. The standard InChI is InChI=1S/C27H33F2N7O3/c1-16(17-6-8-35(9-7-17)27-33-25(34-39-27)24-3-2-10-37-24)38-19-12-31-26(32-13-19)36-14-21(23(30)15-36)20-11-18(28)4-5-22(20)29/h4-5,11-13,16-17,21,23-24H,2-3,6-10,14-15,30H2,1H3/t16-,21+,23-,24-/m0/s1. The Hall–Kier alpha value is -3.38. The zero-order valence-electron chi connectivity index (χ0n) is 21.9. The van der Waals surface area contributed by atoms with Crippen LogP contribution in [0.5, 0.6) is 5.75 Å². The molecule has 3 aromatic rings. The van der Waals surface area contributed by atoms with Gasteiger partial charge in [0, 0.05) is 44.7 Å². The lowest BCUT2D eigenvalue weighted by atomic mass is 9.92. The summed E-state index contributed by atoms with van der Waals surface area (Å²) < 4.78 is 45.4. The topological polar surface area (TPSA) is 116 Å². The van der Waals surface area contributed by atoms with Gasteiger partial charge < -0.3 is 29.5 Å². The lowest BCUT2D eigenvalue weighted by Gasteiger charge is -2.33. The van der Waals surface area contributed by atoms with Gasteiger partial charge in [-0.15, -0.1) is 0 Å². The van der Waals surface area contributed by atoms with E-state index in [4.69, 9.17) is 19.7 Å². The van der Waals surface area contributed by atoms with Crippen LogP contribution in [-0.4, -0.2) is 65.0 Å². The summed E-state index contributed by atoms with van der Waals surface area (Å²) in [5, 5.41) is 4.12. The Kier molecular flexibility index (Phi) is 7.30. The van der Waals surface area contributed by atoms with Crippen LogP contribution < -0.4 is 20.3 Å². The highest BCUT2D eigenvalue weighted by atomic mass is 19.1. The van der Waals surface area contributed by atoms with Crippen molar-refractivity contribution in [2.75, 3.05) is 42.6 Å². The molecule has 1 aromatic carbocycles. The van der Waals surface area contributed by atoms with Crippen LogP contribution >= 0.6 is 0 Å². The number of rotatable bonds is 7. The number of ether oxygens (including phenoxy) is 2. The van der Waals surface area contributed by atoms with E-state index in [0.29, 0.717) is 42.5 Å².